The maximum Gasteiger partial charge on any atom is 0.188 e. The number of hydrogen-bond donors (Lipinski definition) is 2. The maximum atomic E-state index is 13.2. The molecule has 4 aliphatic rings. The average molecular weight is 434 g/mol. The molecule has 1 aromatic rings. The molecule has 3 N–H and O–H groups in total. The van der Waals surface area contributed by atoms with Gasteiger partial charge in [-0.2, -0.15) is 0 Å². The number of hydrogen-bond acceptors (Lipinski definition) is 4. The van der Waals surface area contributed by atoms with Crippen molar-refractivity contribution >= 4 is 11.7 Å². The van der Waals surface area contributed by atoms with E-state index in [0.29, 0.717) is 29.6 Å². The molecule has 5 rings (SSSR count). The molecule has 0 saturated heterocycles. The fourth-order valence-corrected chi connectivity index (χ4v) is 7.88. The van der Waals surface area contributed by atoms with Gasteiger partial charge in [-0.15, -0.1) is 0 Å². The Bertz CT molecular complexity index is 947. The van der Waals surface area contributed by atoms with E-state index in [1.165, 1.54) is 24.0 Å². The van der Waals surface area contributed by atoms with E-state index in [1.807, 2.05) is 0 Å². The third kappa shape index (κ3) is 3.33. The van der Waals surface area contributed by atoms with Gasteiger partial charge in [0.2, 0.25) is 0 Å². The summed E-state index contributed by atoms with van der Waals surface area (Å²) in [6.07, 6.45) is 8.55. The summed E-state index contributed by atoms with van der Waals surface area (Å²) in [4.78, 5) is 17.7. The SMILES string of the molecule is C[C@H]1CC[C@H]2CC3=C(CCC[C@H]4NC(N)=NC[C@H]4Cc4ccccc4)C(=O)C[C@@]31C2(C)C. The number of rotatable bonds is 6. The molecule has 0 unspecified atom stereocenters. The van der Waals surface area contributed by atoms with Gasteiger partial charge in [0.15, 0.2) is 11.7 Å². The highest BCUT2D eigenvalue weighted by Crippen LogP contribution is 2.72. The molecule has 0 amide bonds. The lowest BCUT2D eigenvalue weighted by Crippen LogP contribution is -2.49. The number of nitrogens with zero attached hydrogens (tertiary/aromatic N) is 1. The molecule has 2 bridgehead atoms. The lowest BCUT2D eigenvalue weighted by molar-refractivity contribution is -0.119. The van der Waals surface area contributed by atoms with Gasteiger partial charge in [-0.05, 0) is 73.3 Å². The number of ketones is 1. The first-order chi connectivity index (χ1) is 15.3. The van der Waals surface area contributed by atoms with Crippen LogP contribution in [0.2, 0.25) is 0 Å². The maximum absolute atomic E-state index is 13.2. The Labute approximate surface area is 193 Å². The van der Waals surface area contributed by atoms with E-state index in [2.05, 4.69) is 61.4 Å². The fourth-order valence-electron chi connectivity index (χ4n) is 7.88. The molecule has 1 aromatic carbocycles. The Morgan fingerprint density at radius 1 is 1.19 bits per heavy atom. The van der Waals surface area contributed by atoms with Crippen molar-refractivity contribution in [2.75, 3.05) is 6.54 Å². The molecule has 32 heavy (non-hydrogen) atoms. The molecule has 5 atom stereocenters. The first-order valence-corrected chi connectivity index (χ1v) is 12.7. The van der Waals surface area contributed by atoms with E-state index >= 15 is 0 Å². The highest BCUT2D eigenvalue weighted by Gasteiger charge is 2.65. The smallest absolute Gasteiger partial charge is 0.188 e. The van der Waals surface area contributed by atoms with Crippen molar-refractivity contribution in [2.45, 2.75) is 78.2 Å². The Kier molecular flexibility index (Phi) is 5.46. The van der Waals surface area contributed by atoms with Gasteiger partial charge in [0.25, 0.3) is 0 Å². The summed E-state index contributed by atoms with van der Waals surface area (Å²) in [6, 6.07) is 11.0. The van der Waals surface area contributed by atoms with Crippen LogP contribution in [0.25, 0.3) is 0 Å². The number of aliphatic imine (C=N–C) groups is 1. The van der Waals surface area contributed by atoms with Gasteiger partial charge >= 0.3 is 0 Å². The largest absolute Gasteiger partial charge is 0.370 e. The van der Waals surface area contributed by atoms with E-state index in [4.69, 9.17) is 5.73 Å². The molecular weight excluding hydrogens is 394 g/mol. The molecule has 2 saturated carbocycles. The number of carbonyl (C=O) groups excluding carboxylic acids is 1. The summed E-state index contributed by atoms with van der Waals surface area (Å²) in [6.45, 7) is 8.07. The number of nitrogens with two attached hydrogens (primary N) is 1. The molecule has 4 nitrogen and oxygen atoms in total. The van der Waals surface area contributed by atoms with Crippen LogP contribution in [-0.2, 0) is 11.2 Å². The van der Waals surface area contributed by atoms with Gasteiger partial charge in [0.05, 0.1) is 0 Å². The highest BCUT2D eigenvalue weighted by atomic mass is 16.1. The van der Waals surface area contributed by atoms with E-state index in [0.717, 1.165) is 51.0 Å². The topological polar surface area (TPSA) is 67.5 Å². The number of fused-ring (bicyclic) bond motifs is 1. The normalized spacial score (nSPS) is 35.5. The molecule has 4 heteroatoms. The standard InChI is InChI=1S/C28H39N3O/c1-18-12-13-21-15-23-22(25(32)16-28(18,23)27(21,2)3)10-7-11-24-20(17-30-26(29)31-24)14-19-8-5-4-6-9-19/h4-6,8-9,18,20-21,24H,7,10-17H2,1-3H3,(H3,29,30,31)/t18-,20+,21-,24+,28-/m0/s1. The summed E-state index contributed by atoms with van der Waals surface area (Å²) < 4.78 is 0. The predicted octanol–water partition coefficient (Wildman–Crippen LogP) is 5.03. The van der Waals surface area contributed by atoms with Crippen molar-refractivity contribution in [3.8, 4) is 0 Å². The lowest BCUT2D eigenvalue weighted by atomic mass is 9.53. The summed E-state index contributed by atoms with van der Waals surface area (Å²) in [5.74, 6) is 2.83. The Hall–Kier alpha value is -2.10. The van der Waals surface area contributed by atoms with Crippen LogP contribution < -0.4 is 11.1 Å². The van der Waals surface area contributed by atoms with Crippen molar-refractivity contribution in [3.05, 3.63) is 47.0 Å². The Balaban J connectivity index is 1.30. The fraction of sp³-hybridized carbons (Fsp3) is 0.643. The van der Waals surface area contributed by atoms with Gasteiger partial charge < -0.3 is 11.1 Å². The number of nitrogens with one attached hydrogen (secondary N) is 1. The van der Waals surface area contributed by atoms with Crippen LogP contribution in [0.5, 0.6) is 0 Å². The third-order valence-electron chi connectivity index (χ3n) is 9.77. The average Bonchev–Trinajstić information content (AvgIpc) is 3.09. The van der Waals surface area contributed by atoms with Crippen molar-refractivity contribution in [2.24, 2.45) is 39.3 Å². The predicted molar refractivity (Wildman–Crippen MR) is 130 cm³/mol. The minimum absolute atomic E-state index is 0.137. The van der Waals surface area contributed by atoms with Gasteiger partial charge in [-0.3, -0.25) is 9.79 Å². The summed E-state index contributed by atoms with van der Waals surface area (Å²) >= 11 is 0. The molecule has 3 aliphatic carbocycles. The molecule has 0 aromatic heterocycles. The highest BCUT2D eigenvalue weighted by molar-refractivity contribution is 6.00. The van der Waals surface area contributed by atoms with Crippen LogP contribution in [0, 0.1) is 28.6 Å². The van der Waals surface area contributed by atoms with Crippen LogP contribution >= 0.6 is 0 Å². The zero-order valence-corrected chi connectivity index (χ0v) is 20.0. The molecule has 2 fully saturated rings. The van der Waals surface area contributed by atoms with Gasteiger partial charge in [-0.1, -0.05) is 56.7 Å². The van der Waals surface area contributed by atoms with E-state index in [-0.39, 0.29) is 10.8 Å². The summed E-state index contributed by atoms with van der Waals surface area (Å²) in [5, 5.41) is 3.45. The first-order valence-electron chi connectivity index (χ1n) is 12.7. The number of benzene rings is 1. The molecule has 1 aliphatic heterocycles. The number of carbonyl (C=O) groups is 1. The minimum Gasteiger partial charge on any atom is -0.370 e. The number of allylic oxidation sites excluding steroid dienone is 2. The molecule has 0 radical (unpaired) electrons. The third-order valence-corrected chi connectivity index (χ3v) is 9.77. The number of guanidine groups is 1. The van der Waals surface area contributed by atoms with Crippen LogP contribution in [0.3, 0.4) is 0 Å². The zero-order valence-electron chi connectivity index (χ0n) is 20.0. The van der Waals surface area contributed by atoms with Crippen LogP contribution in [0.1, 0.15) is 71.3 Å². The van der Waals surface area contributed by atoms with Crippen molar-refractivity contribution < 1.29 is 4.79 Å². The van der Waals surface area contributed by atoms with Gasteiger partial charge in [0, 0.05) is 30.3 Å². The summed E-state index contributed by atoms with van der Waals surface area (Å²) in [7, 11) is 0. The molecule has 172 valence electrons. The second-order valence-electron chi connectivity index (χ2n) is 11.4. The second-order valence-corrected chi connectivity index (χ2v) is 11.4. The molecular formula is C28H39N3O. The van der Waals surface area contributed by atoms with Gasteiger partial charge in [-0.25, -0.2) is 0 Å². The quantitative estimate of drug-likeness (QED) is 0.661. The minimum atomic E-state index is 0.137. The second kappa shape index (κ2) is 8.04. The lowest BCUT2D eigenvalue weighted by Gasteiger charge is -2.51. The van der Waals surface area contributed by atoms with E-state index < -0.39 is 0 Å². The molecule has 1 heterocycles. The van der Waals surface area contributed by atoms with E-state index in [1.54, 1.807) is 5.57 Å². The Morgan fingerprint density at radius 2 is 1.97 bits per heavy atom. The Morgan fingerprint density at radius 3 is 2.75 bits per heavy atom. The van der Waals surface area contributed by atoms with Crippen molar-refractivity contribution in [1.82, 2.24) is 5.32 Å². The zero-order chi connectivity index (χ0) is 22.5. The summed E-state index contributed by atoms with van der Waals surface area (Å²) in [5.41, 5.74) is 10.6. The van der Waals surface area contributed by atoms with Crippen LogP contribution in [-0.4, -0.2) is 24.3 Å². The van der Waals surface area contributed by atoms with Gasteiger partial charge in [0.1, 0.15) is 0 Å². The number of Topliss-reactive ketones (excluding diaryl/α,β-unsaturated/α-hetero) is 1. The van der Waals surface area contributed by atoms with Crippen molar-refractivity contribution in [1.29, 1.82) is 0 Å². The monoisotopic (exact) mass is 433 g/mol. The van der Waals surface area contributed by atoms with Crippen LogP contribution in [0.4, 0.5) is 0 Å². The van der Waals surface area contributed by atoms with E-state index in [9.17, 15) is 4.79 Å². The molecule has 1 spiro atoms. The van der Waals surface area contributed by atoms with Crippen molar-refractivity contribution in [3.63, 3.8) is 0 Å². The first kappa shape index (κ1) is 21.7. The van der Waals surface area contributed by atoms with Crippen LogP contribution in [0.15, 0.2) is 46.5 Å².